The lowest BCUT2D eigenvalue weighted by atomic mass is 10.2. The van der Waals surface area contributed by atoms with E-state index in [0.717, 1.165) is 17.0 Å². The van der Waals surface area contributed by atoms with Crippen molar-refractivity contribution in [3.05, 3.63) is 41.8 Å². The van der Waals surface area contributed by atoms with Crippen LogP contribution in [0.4, 0.5) is 0 Å². The highest BCUT2D eigenvalue weighted by molar-refractivity contribution is 7.99. The monoisotopic (exact) mass is 276 g/mol. The highest BCUT2D eigenvalue weighted by Crippen LogP contribution is 2.23. The summed E-state index contributed by atoms with van der Waals surface area (Å²) in [5, 5.41) is 2.59. The molecular weight excluding hydrogens is 260 g/mol. The van der Waals surface area contributed by atoms with Crippen LogP contribution in [-0.2, 0) is 10.5 Å². The van der Waals surface area contributed by atoms with E-state index in [2.05, 4.69) is 10.3 Å². The van der Waals surface area contributed by atoms with Gasteiger partial charge >= 0.3 is 0 Å². The molecule has 0 aliphatic rings. The third-order valence-corrected chi connectivity index (χ3v) is 3.61. The highest BCUT2D eigenvalue weighted by Gasteiger charge is 2.11. The number of benzene rings is 1. The largest absolute Gasteiger partial charge is 0.441 e. The molecular formula is C14H16N2O2S. The van der Waals surface area contributed by atoms with Crippen molar-refractivity contribution in [2.75, 3.05) is 12.8 Å². The van der Waals surface area contributed by atoms with Gasteiger partial charge in [-0.3, -0.25) is 4.79 Å². The van der Waals surface area contributed by atoms with Gasteiger partial charge in [-0.05, 0) is 19.1 Å². The third-order valence-electron chi connectivity index (χ3n) is 2.66. The van der Waals surface area contributed by atoms with Crippen molar-refractivity contribution < 1.29 is 9.21 Å². The molecule has 1 amide bonds. The summed E-state index contributed by atoms with van der Waals surface area (Å²) >= 11 is 1.53. The van der Waals surface area contributed by atoms with Gasteiger partial charge in [0.2, 0.25) is 11.8 Å². The van der Waals surface area contributed by atoms with Crippen molar-refractivity contribution >= 4 is 17.7 Å². The Bertz CT molecular complexity index is 552. The molecule has 1 heterocycles. The number of nitrogens with zero attached hydrogens (tertiary/aromatic N) is 1. The summed E-state index contributed by atoms with van der Waals surface area (Å²) in [5.74, 6) is 2.57. The van der Waals surface area contributed by atoms with Crippen molar-refractivity contribution in [3.8, 4) is 11.5 Å². The summed E-state index contributed by atoms with van der Waals surface area (Å²) < 4.78 is 5.66. The molecule has 1 N–H and O–H groups in total. The summed E-state index contributed by atoms with van der Waals surface area (Å²) in [6.45, 7) is 1.90. The van der Waals surface area contributed by atoms with E-state index in [1.807, 2.05) is 37.3 Å². The molecule has 0 spiro atoms. The van der Waals surface area contributed by atoms with Crippen molar-refractivity contribution in [3.63, 3.8) is 0 Å². The van der Waals surface area contributed by atoms with Gasteiger partial charge in [-0.15, -0.1) is 11.8 Å². The van der Waals surface area contributed by atoms with Crippen molar-refractivity contribution in [1.82, 2.24) is 10.3 Å². The first-order valence-electron chi connectivity index (χ1n) is 6.00. The second-order valence-corrected chi connectivity index (χ2v) is 5.04. The minimum atomic E-state index is 0.0226. The minimum absolute atomic E-state index is 0.0226. The fourth-order valence-corrected chi connectivity index (χ4v) is 2.47. The van der Waals surface area contributed by atoms with Crippen LogP contribution in [-0.4, -0.2) is 23.7 Å². The lowest BCUT2D eigenvalue weighted by Crippen LogP contribution is -2.19. The molecule has 1 aromatic heterocycles. The number of carbonyl (C=O) groups is 1. The Morgan fingerprint density at radius 2 is 2.11 bits per heavy atom. The van der Waals surface area contributed by atoms with Crippen LogP contribution in [0.1, 0.15) is 11.5 Å². The van der Waals surface area contributed by atoms with Crippen LogP contribution in [0.5, 0.6) is 0 Å². The molecule has 0 unspecified atom stereocenters. The van der Waals surface area contributed by atoms with E-state index >= 15 is 0 Å². The van der Waals surface area contributed by atoms with E-state index in [1.54, 1.807) is 7.05 Å². The van der Waals surface area contributed by atoms with E-state index in [9.17, 15) is 4.79 Å². The van der Waals surface area contributed by atoms with Crippen molar-refractivity contribution in [2.24, 2.45) is 0 Å². The SMILES string of the molecule is CNC(=O)CSCc1nc(-c2ccccc2)oc1C. The Balaban J connectivity index is 2.03. The van der Waals surface area contributed by atoms with Crippen molar-refractivity contribution in [2.45, 2.75) is 12.7 Å². The number of rotatable bonds is 5. The number of thioether (sulfide) groups is 1. The van der Waals surface area contributed by atoms with Gasteiger partial charge in [-0.25, -0.2) is 4.98 Å². The Hall–Kier alpha value is -1.75. The molecule has 0 aliphatic carbocycles. The van der Waals surface area contributed by atoms with Crippen LogP contribution in [0.3, 0.4) is 0 Å². The van der Waals surface area contributed by atoms with Gasteiger partial charge in [-0.1, -0.05) is 18.2 Å². The molecule has 0 bridgehead atoms. The van der Waals surface area contributed by atoms with E-state index in [4.69, 9.17) is 4.42 Å². The zero-order valence-electron chi connectivity index (χ0n) is 11.0. The third kappa shape index (κ3) is 3.61. The first-order chi connectivity index (χ1) is 9.20. The summed E-state index contributed by atoms with van der Waals surface area (Å²) in [4.78, 5) is 15.6. The van der Waals surface area contributed by atoms with Gasteiger partial charge in [0.25, 0.3) is 0 Å². The minimum Gasteiger partial charge on any atom is -0.441 e. The molecule has 1 aromatic carbocycles. The predicted molar refractivity (Wildman–Crippen MR) is 76.9 cm³/mol. The number of hydrogen-bond donors (Lipinski definition) is 1. The molecule has 5 heteroatoms. The number of nitrogens with one attached hydrogen (secondary N) is 1. The van der Waals surface area contributed by atoms with Crippen LogP contribution in [0.2, 0.25) is 0 Å². The molecule has 0 radical (unpaired) electrons. The van der Waals surface area contributed by atoms with E-state index in [0.29, 0.717) is 17.4 Å². The average molecular weight is 276 g/mol. The fourth-order valence-electron chi connectivity index (χ4n) is 1.58. The zero-order valence-corrected chi connectivity index (χ0v) is 11.8. The molecule has 2 rings (SSSR count). The van der Waals surface area contributed by atoms with Crippen LogP contribution in [0.15, 0.2) is 34.7 Å². The summed E-state index contributed by atoms with van der Waals surface area (Å²) in [6.07, 6.45) is 0. The van der Waals surface area contributed by atoms with Gasteiger partial charge in [0.15, 0.2) is 0 Å². The van der Waals surface area contributed by atoms with Gasteiger partial charge in [-0.2, -0.15) is 0 Å². The van der Waals surface area contributed by atoms with Gasteiger partial charge in [0.1, 0.15) is 5.76 Å². The maximum Gasteiger partial charge on any atom is 0.229 e. The Morgan fingerprint density at radius 1 is 1.37 bits per heavy atom. The van der Waals surface area contributed by atoms with Gasteiger partial charge in [0, 0.05) is 18.4 Å². The lowest BCUT2D eigenvalue weighted by Gasteiger charge is -1.98. The molecule has 2 aromatic rings. The molecule has 100 valence electrons. The quantitative estimate of drug-likeness (QED) is 0.912. The second-order valence-electron chi connectivity index (χ2n) is 4.05. The maximum atomic E-state index is 11.1. The molecule has 0 aliphatic heterocycles. The first-order valence-corrected chi connectivity index (χ1v) is 7.16. The Labute approximate surface area is 116 Å². The fraction of sp³-hybridized carbons (Fsp3) is 0.286. The van der Waals surface area contributed by atoms with Gasteiger partial charge < -0.3 is 9.73 Å². The van der Waals surface area contributed by atoms with Crippen LogP contribution >= 0.6 is 11.8 Å². The topological polar surface area (TPSA) is 55.1 Å². The van der Waals surface area contributed by atoms with E-state index < -0.39 is 0 Å². The normalized spacial score (nSPS) is 10.4. The first kappa shape index (κ1) is 13.7. The zero-order chi connectivity index (χ0) is 13.7. The van der Waals surface area contributed by atoms with E-state index in [-0.39, 0.29) is 5.91 Å². The van der Waals surface area contributed by atoms with E-state index in [1.165, 1.54) is 11.8 Å². The summed E-state index contributed by atoms with van der Waals surface area (Å²) in [5.41, 5.74) is 1.86. The predicted octanol–water partition coefficient (Wildman–Crippen LogP) is 2.63. The smallest absolute Gasteiger partial charge is 0.229 e. The highest BCUT2D eigenvalue weighted by atomic mass is 32.2. The number of oxazole rings is 1. The van der Waals surface area contributed by atoms with Crippen LogP contribution < -0.4 is 5.32 Å². The molecule has 0 atom stereocenters. The number of aromatic nitrogens is 1. The summed E-state index contributed by atoms with van der Waals surface area (Å²) in [6, 6.07) is 9.79. The maximum absolute atomic E-state index is 11.1. The molecule has 19 heavy (non-hydrogen) atoms. The van der Waals surface area contributed by atoms with Crippen LogP contribution in [0, 0.1) is 6.92 Å². The molecule has 4 nitrogen and oxygen atoms in total. The van der Waals surface area contributed by atoms with Gasteiger partial charge in [0.05, 0.1) is 11.4 Å². The Kier molecular flexibility index (Phi) is 4.63. The Morgan fingerprint density at radius 3 is 2.79 bits per heavy atom. The number of hydrogen-bond acceptors (Lipinski definition) is 4. The molecule has 0 fully saturated rings. The second kappa shape index (κ2) is 6.43. The average Bonchev–Trinajstić information content (AvgIpc) is 2.81. The van der Waals surface area contributed by atoms with Crippen molar-refractivity contribution in [1.29, 1.82) is 0 Å². The number of aryl methyl sites for hydroxylation is 1. The standard InChI is InChI=1S/C14H16N2O2S/c1-10-12(8-19-9-13(17)15-2)16-14(18-10)11-6-4-3-5-7-11/h3-7H,8-9H2,1-2H3,(H,15,17). The summed E-state index contributed by atoms with van der Waals surface area (Å²) in [7, 11) is 1.64. The molecule has 0 saturated carbocycles. The molecule has 0 saturated heterocycles. The number of carbonyl (C=O) groups excluding carboxylic acids is 1. The number of amides is 1. The lowest BCUT2D eigenvalue weighted by molar-refractivity contribution is -0.118. The van der Waals surface area contributed by atoms with Crippen LogP contribution in [0.25, 0.3) is 11.5 Å².